The van der Waals surface area contributed by atoms with Gasteiger partial charge in [-0.2, -0.15) is 16.1 Å². The Balaban J connectivity index is 1.88. The maximum absolute atomic E-state index is 13.3. The van der Waals surface area contributed by atoms with Crippen molar-refractivity contribution in [2.45, 2.75) is 63.3 Å². The van der Waals surface area contributed by atoms with Crippen molar-refractivity contribution in [3.05, 3.63) is 52.8 Å². The number of thioether (sulfide) groups is 1. The Hall–Kier alpha value is -2.10. The van der Waals surface area contributed by atoms with Crippen LogP contribution in [0.5, 0.6) is 0 Å². The predicted octanol–water partition coefficient (Wildman–Crippen LogP) is 4.41. The number of unbranched alkanes of at least 4 members (excludes halogenated alkanes) is 1. The SMILES string of the molecule is C=CCn1cc(C(=O)NCCCSCCCC)c(=O)c2cc(S(=O)(=O)N3CCCCCC3)ccc21. The minimum Gasteiger partial charge on any atom is -0.352 e. The second-order valence-corrected chi connectivity index (χ2v) is 12.0. The molecule has 9 heteroatoms. The van der Waals surface area contributed by atoms with E-state index in [1.807, 2.05) is 11.8 Å². The molecule has 0 unspecified atom stereocenters. The average Bonchev–Trinajstić information content (AvgIpc) is 3.15. The number of hydrogen-bond donors (Lipinski definition) is 1. The molecule has 1 amide bonds. The molecule has 1 fully saturated rings. The van der Waals surface area contributed by atoms with Crippen molar-refractivity contribution in [1.29, 1.82) is 0 Å². The second-order valence-electron chi connectivity index (χ2n) is 8.89. The van der Waals surface area contributed by atoms with E-state index < -0.39 is 21.4 Å². The lowest BCUT2D eigenvalue weighted by molar-refractivity contribution is 0.0952. The summed E-state index contributed by atoms with van der Waals surface area (Å²) in [6.07, 6.45) is 10.1. The number of carbonyl (C=O) groups excluding carboxylic acids is 1. The Morgan fingerprint density at radius 2 is 1.86 bits per heavy atom. The molecular weight excluding hydrogens is 482 g/mol. The highest BCUT2D eigenvalue weighted by Gasteiger charge is 2.26. The largest absolute Gasteiger partial charge is 0.352 e. The monoisotopic (exact) mass is 519 g/mol. The van der Waals surface area contributed by atoms with Gasteiger partial charge in [-0.15, -0.1) is 6.58 Å². The average molecular weight is 520 g/mol. The molecule has 2 heterocycles. The Labute approximate surface area is 213 Å². The number of rotatable bonds is 12. The third-order valence-electron chi connectivity index (χ3n) is 6.22. The summed E-state index contributed by atoms with van der Waals surface area (Å²) in [5, 5.41) is 3.08. The van der Waals surface area contributed by atoms with E-state index in [1.165, 1.54) is 23.2 Å². The molecule has 0 aliphatic carbocycles. The first-order valence-electron chi connectivity index (χ1n) is 12.5. The fraction of sp³-hybridized carbons (Fsp3) is 0.538. The van der Waals surface area contributed by atoms with Crippen LogP contribution in [0.15, 0.2) is 46.7 Å². The molecule has 1 saturated heterocycles. The highest BCUT2D eigenvalue weighted by molar-refractivity contribution is 7.99. The summed E-state index contributed by atoms with van der Waals surface area (Å²) in [5.74, 6) is 1.63. The molecule has 35 heavy (non-hydrogen) atoms. The number of hydrogen-bond acceptors (Lipinski definition) is 5. The van der Waals surface area contributed by atoms with Crippen molar-refractivity contribution in [1.82, 2.24) is 14.2 Å². The van der Waals surface area contributed by atoms with Gasteiger partial charge in [-0.25, -0.2) is 8.42 Å². The predicted molar refractivity (Wildman–Crippen MR) is 145 cm³/mol. The van der Waals surface area contributed by atoms with Crippen molar-refractivity contribution in [2.75, 3.05) is 31.1 Å². The first kappa shape index (κ1) is 27.5. The maximum Gasteiger partial charge on any atom is 0.256 e. The lowest BCUT2D eigenvalue weighted by Crippen LogP contribution is -2.32. The zero-order valence-corrected chi connectivity index (χ0v) is 22.3. The smallest absolute Gasteiger partial charge is 0.256 e. The fourth-order valence-corrected chi connectivity index (χ4v) is 6.83. The number of nitrogens with one attached hydrogen (secondary N) is 1. The zero-order chi connectivity index (χ0) is 25.3. The summed E-state index contributed by atoms with van der Waals surface area (Å²) in [5.41, 5.74) is 0.138. The van der Waals surface area contributed by atoms with Gasteiger partial charge in [0.25, 0.3) is 5.91 Å². The number of fused-ring (bicyclic) bond motifs is 1. The lowest BCUT2D eigenvalue weighted by atomic mass is 10.1. The fourth-order valence-electron chi connectivity index (χ4n) is 4.24. The maximum atomic E-state index is 13.3. The quantitative estimate of drug-likeness (QED) is 0.332. The van der Waals surface area contributed by atoms with Crippen molar-refractivity contribution >= 4 is 38.6 Å². The molecule has 0 atom stereocenters. The van der Waals surface area contributed by atoms with Gasteiger partial charge in [-0.3, -0.25) is 9.59 Å². The van der Waals surface area contributed by atoms with Gasteiger partial charge in [0.05, 0.1) is 10.4 Å². The van der Waals surface area contributed by atoms with E-state index in [1.54, 1.807) is 29.0 Å². The van der Waals surface area contributed by atoms with E-state index in [-0.39, 0.29) is 15.8 Å². The molecule has 0 radical (unpaired) electrons. The summed E-state index contributed by atoms with van der Waals surface area (Å²) in [4.78, 5) is 26.3. The number of aromatic nitrogens is 1. The van der Waals surface area contributed by atoms with Crippen LogP contribution in [-0.2, 0) is 16.6 Å². The van der Waals surface area contributed by atoms with Gasteiger partial charge in [-0.1, -0.05) is 32.3 Å². The molecule has 1 N–H and O–H groups in total. The van der Waals surface area contributed by atoms with Crippen LogP contribution in [-0.4, -0.2) is 54.3 Å². The standard InChI is InChI=1S/C26H37N3O4S2/c1-3-5-17-34-18-10-13-27-26(31)23-20-28(14-4-2)24-12-11-21(19-22(24)25(23)30)35(32,33)29-15-8-6-7-9-16-29/h4,11-12,19-20H,2-3,5-10,13-18H2,1H3,(H,27,31). The summed E-state index contributed by atoms with van der Waals surface area (Å²) in [6, 6.07) is 4.64. The molecule has 192 valence electrons. The number of amides is 1. The summed E-state index contributed by atoms with van der Waals surface area (Å²) in [7, 11) is -3.72. The number of carbonyl (C=O) groups is 1. The number of benzene rings is 1. The molecule has 1 aromatic heterocycles. The molecule has 0 bridgehead atoms. The Morgan fingerprint density at radius 1 is 1.14 bits per heavy atom. The van der Waals surface area contributed by atoms with Crippen molar-refractivity contribution < 1.29 is 13.2 Å². The van der Waals surface area contributed by atoms with E-state index in [0.717, 1.165) is 43.6 Å². The van der Waals surface area contributed by atoms with Gasteiger partial charge in [-0.05, 0) is 55.4 Å². The Bertz CT molecular complexity index is 1180. The van der Waals surface area contributed by atoms with Crippen LogP contribution in [0.4, 0.5) is 0 Å². The van der Waals surface area contributed by atoms with E-state index in [4.69, 9.17) is 0 Å². The van der Waals surface area contributed by atoms with Crippen LogP contribution in [0.3, 0.4) is 0 Å². The molecular formula is C26H37N3O4S2. The molecule has 1 aliphatic rings. The topological polar surface area (TPSA) is 88.5 Å². The highest BCUT2D eigenvalue weighted by atomic mass is 32.2. The van der Waals surface area contributed by atoms with Crippen LogP contribution in [0.2, 0.25) is 0 Å². The number of pyridine rings is 1. The van der Waals surface area contributed by atoms with Gasteiger partial charge >= 0.3 is 0 Å². The van der Waals surface area contributed by atoms with E-state index in [9.17, 15) is 18.0 Å². The van der Waals surface area contributed by atoms with Crippen molar-refractivity contribution in [3.8, 4) is 0 Å². The van der Waals surface area contributed by atoms with Crippen molar-refractivity contribution in [2.24, 2.45) is 0 Å². The zero-order valence-electron chi connectivity index (χ0n) is 20.6. The Morgan fingerprint density at radius 3 is 2.54 bits per heavy atom. The van der Waals surface area contributed by atoms with Crippen LogP contribution in [0, 0.1) is 0 Å². The van der Waals surface area contributed by atoms with Crippen molar-refractivity contribution in [3.63, 3.8) is 0 Å². The lowest BCUT2D eigenvalue weighted by Gasteiger charge is -2.20. The van der Waals surface area contributed by atoms with E-state index in [0.29, 0.717) is 31.7 Å². The summed E-state index contributed by atoms with van der Waals surface area (Å²) < 4.78 is 29.9. The number of nitrogens with zero attached hydrogens (tertiary/aromatic N) is 2. The van der Waals surface area contributed by atoms with Crippen LogP contribution >= 0.6 is 11.8 Å². The minimum atomic E-state index is -3.72. The van der Waals surface area contributed by atoms with Crippen LogP contribution in [0.1, 0.15) is 62.2 Å². The minimum absolute atomic E-state index is 0.0160. The first-order chi connectivity index (χ1) is 16.9. The van der Waals surface area contributed by atoms with Gasteiger partial charge in [0.2, 0.25) is 15.5 Å². The number of sulfonamides is 1. The molecule has 1 aliphatic heterocycles. The second kappa shape index (κ2) is 13.3. The molecule has 0 saturated carbocycles. The molecule has 7 nitrogen and oxygen atoms in total. The molecule has 1 aromatic carbocycles. The highest BCUT2D eigenvalue weighted by Crippen LogP contribution is 2.23. The third kappa shape index (κ3) is 6.98. The summed E-state index contributed by atoms with van der Waals surface area (Å²) >= 11 is 1.87. The van der Waals surface area contributed by atoms with Gasteiger partial charge in [0.15, 0.2) is 0 Å². The van der Waals surface area contributed by atoms with Gasteiger partial charge in [0, 0.05) is 37.8 Å². The number of allylic oxidation sites excluding steroid dienone is 1. The third-order valence-corrected chi connectivity index (χ3v) is 9.27. The van der Waals surface area contributed by atoms with Crippen LogP contribution < -0.4 is 10.7 Å². The normalized spacial score (nSPS) is 15.1. The van der Waals surface area contributed by atoms with Gasteiger partial charge < -0.3 is 9.88 Å². The van der Waals surface area contributed by atoms with Crippen LogP contribution in [0.25, 0.3) is 10.9 Å². The summed E-state index contributed by atoms with van der Waals surface area (Å²) in [6.45, 7) is 7.79. The molecule has 0 spiro atoms. The first-order valence-corrected chi connectivity index (χ1v) is 15.1. The van der Waals surface area contributed by atoms with Gasteiger partial charge in [0.1, 0.15) is 5.56 Å². The molecule has 2 aromatic rings. The Kier molecular flexibility index (Phi) is 10.4. The molecule has 3 rings (SSSR count). The van der Waals surface area contributed by atoms with E-state index >= 15 is 0 Å². The van der Waals surface area contributed by atoms with E-state index in [2.05, 4.69) is 18.8 Å².